The van der Waals surface area contributed by atoms with Gasteiger partial charge in [-0.15, -0.1) is 10.2 Å². The van der Waals surface area contributed by atoms with Crippen LogP contribution in [0.1, 0.15) is 11.1 Å². The minimum absolute atomic E-state index is 0.168. The molecule has 0 radical (unpaired) electrons. The first kappa shape index (κ1) is 18.2. The Kier molecular flexibility index (Phi) is 4.38. The lowest BCUT2D eigenvalue weighted by Gasteiger charge is -2.13. The number of ether oxygens (including phenoxy) is 2. The number of nitrogens with one attached hydrogen (secondary N) is 1. The molecule has 0 spiro atoms. The number of pyridine rings is 1. The normalized spacial score (nSPS) is 12.6. The van der Waals surface area contributed by atoms with Crippen molar-refractivity contribution >= 4 is 11.6 Å². The van der Waals surface area contributed by atoms with Gasteiger partial charge >= 0.3 is 0 Å². The van der Waals surface area contributed by atoms with E-state index < -0.39 is 5.82 Å². The third-order valence-electron chi connectivity index (χ3n) is 5.02. The zero-order chi connectivity index (χ0) is 20.7. The fraction of sp³-hybridized carbons (Fsp3) is 0.200. The van der Waals surface area contributed by atoms with E-state index >= 15 is 0 Å². The van der Waals surface area contributed by atoms with E-state index in [1.54, 1.807) is 10.5 Å². The number of methoxy groups -OCH3 is 1. The molecule has 1 aliphatic heterocycles. The summed E-state index contributed by atoms with van der Waals surface area (Å²) in [6.07, 6.45) is 4.95. The number of fused-ring (bicyclic) bond motifs is 2. The van der Waals surface area contributed by atoms with Gasteiger partial charge in [0, 0.05) is 53.7 Å². The number of benzene rings is 1. The number of halogens is 2. The predicted molar refractivity (Wildman–Crippen MR) is 103 cm³/mol. The molecule has 0 saturated carbocycles. The first-order valence-corrected chi connectivity index (χ1v) is 9.21. The van der Waals surface area contributed by atoms with Crippen molar-refractivity contribution < 1.29 is 18.3 Å². The van der Waals surface area contributed by atoms with E-state index in [0.29, 0.717) is 41.5 Å². The summed E-state index contributed by atoms with van der Waals surface area (Å²) >= 11 is 0. The predicted octanol–water partition coefficient (Wildman–Crippen LogP) is 3.02. The summed E-state index contributed by atoms with van der Waals surface area (Å²) in [5.41, 5.74) is 2.41. The molecule has 152 valence electrons. The summed E-state index contributed by atoms with van der Waals surface area (Å²) in [5, 5.41) is 11.1. The number of anilines is 1. The summed E-state index contributed by atoms with van der Waals surface area (Å²) in [6.45, 7) is 0.742. The molecule has 4 aromatic rings. The second-order valence-corrected chi connectivity index (χ2v) is 6.68. The number of nitrogens with zero attached hydrogens (tertiary/aromatic N) is 5. The maximum absolute atomic E-state index is 14.5. The molecule has 0 unspecified atom stereocenters. The number of hydrogen-bond donors (Lipinski definition) is 1. The lowest BCUT2D eigenvalue weighted by molar-refractivity contribution is 0.356. The van der Waals surface area contributed by atoms with Gasteiger partial charge in [-0.1, -0.05) is 0 Å². The lowest BCUT2D eigenvalue weighted by Crippen LogP contribution is -2.10. The molecule has 0 aliphatic carbocycles. The van der Waals surface area contributed by atoms with Gasteiger partial charge in [0.15, 0.2) is 5.65 Å². The van der Waals surface area contributed by atoms with Crippen LogP contribution in [0.3, 0.4) is 0 Å². The van der Waals surface area contributed by atoms with Crippen LogP contribution in [0.5, 0.6) is 11.6 Å². The maximum Gasteiger partial charge on any atom is 0.215 e. The Balaban J connectivity index is 1.49. The summed E-state index contributed by atoms with van der Waals surface area (Å²) in [6, 6.07) is 4.23. The first-order chi connectivity index (χ1) is 14.7. The van der Waals surface area contributed by atoms with E-state index in [-0.39, 0.29) is 23.8 Å². The lowest BCUT2D eigenvalue weighted by atomic mass is 10.0. The smallest absolute Gasteiger partial charge is 0.215 e. The second-order valence-electron chi connectivity index (χ2n) is 6.68. The Hall–Kier alpha value is -3.82. The highest BCUT2D eigenvalue weighted by atomic mass is 19.1. The molecule has 0 fully saturated rings. The summed E-state index contributed by atoms with van der Waals surface area (Å²) in [5.74, 6) is 0.442. The second kappa shape index (κ2) is 7.21. The van der Waals surface area contributed by atoms with Crippen molar-refractivity contribution in [3.8, 4) is 22.8 Å². The molecule has 10 heteroatoms. The van der Waals surface area contributed by atoms with Gasteiger partial charge < -0.3 is 14.8 Å². The van der Waals surface area contributed by atoms with Crippen molar-refractivity contribution in [1.82, 2.24) is 24.6 Å². The molecule has 5 rings (SSSR count). The van der Waals surface area contributed by atoms with E-state index in [0.717, 1.165) is 5.56 Å². The van der Waals surface area contributed by atoms with Crippen molar-refractivity contribution in [3.63, 3.8) is 0 Å². The first-order valence-electron chi connectivity index (χ1n) is 9.21. The molecule has 4 heterocycles. The Bertz CT molecular complexity index is 1260. The minimum Gasteiger partial charge on any atom is -0.493 e. The standard InChI is InChI=1S/C20H16F2N6O2/c1-29-18-6-16(22)13(7-23-18)14-9-25-20(28-10-26-27-19(14)28)24-8-12-11-4-5-30-17(11)3-2-15(12)21/h2-3,6-7,9-10H,4-5,8H2,1H3,(H,24,25). The van der Waals surface area contributed by atoms with Crippen LogP contribution < -0.4 is 14.8 Å². The van der Waals surface area contributed by atoms with Crippen LogP contribution >= 0.6 is 0 Å². The molecular weight excluding hydrogens is 394 g/mol. The quantitative estimate of drug-likeness (QED) is 0.541. The van der Waals surface area contributed by atoms with Crippen LogP contribution in [0.15, 0.2) is 36.9 Å². The molecule has 3 aromatic heterocycles. The molecule has 1 aliphatic rings. The number of aromatic nitrogens is 5. The number of hydrogen-bond acceptors (Lipinski definition) is 7. The van der Waals surface area contributed by atoms with E-state index in [1.165, 1.54) is 38.0 Å². The van der Waals surface area contributed by atoms with Crippen molar-refractivity contribution in [1.29, 1.82) is 0 Å². The van der Waals surface area contributed by atoms with E-state index in [9.17, 15) is 8.78 Å². The largest absolute Gasteiger partial charge is 0.493 e. The average Bonchev–Trinajstić information content (AvgIpc) is 3.43. The van der Waals surface area contributed by atoms with Crippen LogP contribution in [0, 0.1) is 11.6 Å². The SMILES string of the molecule is COc1cc(F)c(-c2cnc(NCc3c(F)ccc4c3CCO4)n3cnnc23)cn1. The average molecular weight is 410 g/mol. The highest BCUT2D eigenvalue weighted by Gasteiger charge is 2.20. The topological polar surface area (TPSA) is 86.5 Å². The van der Waals surface area contributed by atoms with Crippen LogP contribution in [-0.2, 0) is 13.0 Å². The molecular formula is C20H16F2N6O2. The fourth-order valence-electron chi connectivity index (χ4n) is 3.54. The summed E-state index contributed by atoms with van der Waals surface area (Å²) in [7, 11) is 1.41. The molecule has 0 saturated heterocycles. The van der Waals surface area contributed by atoms with Crippen LogP contribution in [-0.4, -0.2) is 38.3 Å². The van der Waals surface area contributed by atoms with E-state index in [4.69, 9.17) is 9.47 Å². The fourth-order valence-corrected chi connectivity index (χ4v) is 3.54. The monoisotopic (exact) mass is 410 g/mol. The van der Waals surface area contributed by atoms with Crippen molar-refractivity contribution in [3.05, 3.63) is 59.7 Å². The Morgan fingerprint density at radius 2 is 2.03 bits per heavy atom. The molecule has 30 heavy (non-hydrogen) atoms. The van der Waals surface area contributed by atoms with Crippen LogP contribution in [0.2, 0.25) is 0 Å². The number of rotatable bonds is 5. The molecule has 1 aromatic carbocycles. The van der Waals surface area contributed by atoms with Gasteiger partial charge in [0.05, 0.1) is 13.7 Å². The van der Waals surface area contributed by atoms with Crippen LogP contribution in [0.25, 0.3) is 16.8 Å². The molecule has 0 atom stereocenters. The zero-order valence-corrected chi connectivity index (χ0v) is 15.9. The zero-order valence-electron chi connectivity index (χ0n) is 15.9. The molecule has 8 nitrogen and oxygen atoms in total. The van der Waals surface area contributed by atoms with Gasteiger partial charge in [0.2, 0.25) is 11.8 Å². The third kappa shape index (κ3) is 2.97. The molecule has 1 N–H and O–H groups in total. The van der Waals surface area contributed by atoms with Gasteiger partial charge in [-0.2, -0.15) is 0 Å². The third-order valence-corrected chi connectivity index (χ3v) is 5.02. The maximum atomic E-state index is 14.5. The highest BCUT2D eigenvalue weighted by molar-refractivity contribution is 5.77. The van der Waals surface area contributed by atoms with Gasteiger partial charge in [0.1, 0.15) is 23.7 Å². The minimum atomic E-state index is -0.517. The van der Waals surface area contributed by atoms with Gasteiger partial charge in [0.25, 0.3) is 0 Å². The summed E-state index contributed by atoms with van der Waals surface area (Å²) in [4.78, 5) is 8.42. The van der Waals surface area contributed by atoms with E-state index in [1.807, 2.05) is 0 Å². The van der Waals surface area contributed by atoms with Crippen molar-refractivity contribution in [2.75, 3.05) is 19.0 Å². The Morgan fingerprint density at radius 1 is 1.17 bits per heavy atom. The Labute approximate surface area is 169 Å². The van der Waals surface area contributed by atoms with Crippen molar-refractivity contribution in [2.24, 2.45) is 0 Å². The van der Waals surface area contributed by atoms with Gasteiger partial charge in [-0.25, -0.2) is 18.7 Å². The van der Waals surface area contributed by atoms with Gasteiger partial charge in [-0.3, -0.25) is 4.40 Å². The molecule has 0 amide bonds. The van der Waals surface area contributed by atoms with Gasteiger partial charge in [-0.05, 0) is 12.1 Å². The summed E-state index contributed by atoms with van der Waals surface area (Å²) < 4.78 is 40.9. The van der Waals surface area contributed by atoms with Crippen LogP contribution in [0.4, 0.5) is 14.7 Å². The highest BCUT2D eigenvalue weighted by Crippen LogP contribution is 2.31. The van der Waals surface area contributed by atoms with Crippen molar-refractivity contribution in [2.45, 2.75) is 13.0 Å². The Morgan fingerprint density at radius 3 is 2.87 bits per heavy atom. The van der Waals surface area contributed by atoms with E-state index in [2.05, 4.69) is 25.5 Å². The molecule has 0 bridgehead atoms.